The molecular weight excluding hydrogens is 290 g/mol. The summed E-state index contributed by atoms with van der Waals surface area (Å²) in [6.07, 6.45) is 8.74. The van der Waals surface area contributed by atoms with Gasteiger partial charge in [-0.1, -0.05) is 12.0 Å². The van der Waals surface area contributed by atoms with Crippen LogP contribution in [0, 0.1) is 24.2 Å². The van der Waals surface area contributed by atoms with Gasteiger partial charge in [-0.05, 0) is 48.8 Å². The molecule has 0 radical (unpaired) electrons. The van der Waals surface area contributed by atoms with Gasteiger partial charge in [0, 0.05) is 19.4 Å². The van der Waals surface area contributed by atoms with Crippen molar-refractivity contribution in [1.82, 2.24) is 5.32 Å². The molecule has 0 bridgehead atoms. The molecule has 0 aliphatic carbocycles. The van der Waals surface area contributed by atoms with E-state index in [9.17, 15) is 4.79 Å². The van der Waals surface area contributed by atoms with Gasteiger partial charge in [-0.15, -0.1) is 6.42 Å². The number of terminal acetylenes is 1. The van der Waals surface area contributed by atoms with Gasteiger partial charge >= 0.3 is 0 Å². The number of hydrogen-bond acceptors (Lipinski definition) is 3. The number of unbranched alkanes of at least 4 members (excludes halogenated alkanes) is 2. The zero-order valence-corrected chi connectivity index (χ0v) is 13.8. The minimum Gasteiger partial charge on any atom is -0.493 e. The molecular formula is C19H23NO3. The molecule has 0 saturated heterocycles. The zero-order chi connectivity index (χ0) is 16.9. The first-order chi connectivity index (χ1) is 11.2. The van der Waals surface area contributed by atoms with Gasteiger partial charge in [0.05, 0.1) is 14.2 Å². The lowest BCUT2D eigenvalue weighted by Gasteiger charge is -2.10. The second kappa shape index (κ2) is 11.0. The molecule has 4 nitrogen and oxygen atoms in total. The van der Waals surface area contributed by atoms with Crippen molar-refractivity contribution in [3.05, 3.63) is 23.8 Å². The summed E-state index contributed by atoms with van der Waals surface area (Å²) in [5.41, 5.74) is 1.09. The fourth-order valence-corrected chi connectivity index (χ4v) is 2.08. The fraction of sp³-hybridized carbons (Fsp3) is 0.421. The maximum atomic E-state index is 11.7. The second-order valence-corrected chi connectivity index (χ2v) is 4.94. The Balaban J connectivity index is 2.26. The average Bonchev–Trinajstić information content (AvgIpc) is 2.57. The lowest BCUT2D eigenvalue weighted by atomic mass is 10.1. The topological polar surface area (TPSA) is 47.6 Å². The largest absolute Gasteiger partial charge is 0.493 e. The van der Waals surface area contributed by atoms with Gasteiger partial charge in [-0.25, -0.2) is 0 Å². The van der Waals surface area contributed by atoms with Crippen molar-refractivity contribution >= 4 is 5.91 Å². The summed E-state index contributed by atoms with van der Waals surface area (Å²) in [7, 11) is 3.22. The highest BCUT2D eigenvalue weighted by Crippen LogP contribution is 2.27. The first-order valence-electron chi connectivity index (χ1n) is 7.62. The summed E-state index contributed by atoms with van der Waals surface area (Å²) in [5.74, 6) is 9.15. The molecule has 0 spiro atoms. The maximum absolute atomic E-state index is 11.7. The first kappa shape index (κ1) is 18.5. The number of amides is 1. The molecule has 0 aliphatic heterocycles. The van der Waals surface area contributed by atoms with Crippen LogP contribution in [0.25, 0.3) is 0 Å². The minimum atomic E-state index is 0.0652. The van der Waals surface area contributed by atoms with Crippen LogP contribution in [-0.4, -0.2) is 26.7 Å². The van der Waals surface area contributed by atoms with Crippen LogP contribution in [0.5, 0.6) is 11.5 Å². The number of carbonyl (C=O) groups excluding carboxylic acids is 1. The molecule has 1 rings (SSSR count). The van der Waals surface area contributed by atoms with E-state index in [2.05, 4.69) is 23.1 Å². The minimum absolute atomic E-state index is 0.0652. The highest BCUT2D eigenvalue weighted by atomic mass is 16.5. The molecule has 4 heteroatoms. The molecule has 0 atom stereocenters. The second-order valence-electron chi connectivity index (χ2n) is 4.94. The Morgan fingerprint density at radius 2 is 2.00 bits per heavy atom. The Hall–Kier alpha value is -2.59. The Morgan fingerprint density at radius 1 is 1.22 bits per heavy atom. The van der Waals surface area contributed by atoms with Crippen LogP contribution >= 0.6 is 0 Å². The molecule has 1 aromatic rings. The Kier molecular flexibility index (Phi) is 8.86. The monoisotopic (exact) mass is 313 g/mol. The van der Waals surface area contributed by atoms with E-state index < -0.39 is 0 Å². The molecule has 1 N–H and O–H groups in total. The summed E-state index contributed by atoms with van der Waals surface area (Å²) in [4.78, 5) is 11.7. The van der Waals surface area contributed by atoms with E-state index in [1.807, 2.05) is 18.2 Å². The van der Waals surface area contributed by atoms with Gasteiger partial charge in [-0.2, -0.15) is 0 Å². The molecule has 0 aliphatic rings. The van der Waals surface area contributed by atoms with E-state index >= 15 is 0 Å². The number of carbonyl (C=O) groups is 1. The highest BCUT2D eigenvalue weighted by Gasteiger charge is 2.05. The van der Waals surface area contributed by atoms with Gasteiger partial charge in [0.15, 0.2) is 11.5 Å². The van der Waals surface area contributed by atoms with Crippen LogP contribution < -0.4 is 14.8 Å². The number of rotatable bonds is 9. The SMILES string of the molecule is C#CC#CCCCCC(=O)NCCc1ccc(OC)c(OC)c1. The average molecular weight is 313 g/mol. The molecule has 23 heavy (non-hydrogen) atoms. The number of ether oxygens (including phenoxy) is 2. The van der Waals surface area contributed by atoms with E-state index in [1.165, 1.54) is 0 Å². The third-order valence-electron chi connectivity index (χ3n) is 3.30. The fourth-order valence-electron chi connectivity index (χ4n) is 2.08. The molecule has 0 heterocycles. The lowest BCUT2D eigenvalue weighted by Crippen LogP contribution is -2.25. The van der Waals surface area contributed by atoms with Crippen molar-refractivity contribution in [3.8, 4) is 35.7 Å². The predicted octanol–water partition coefficient (Wildman–Crippen LogP) is 2.56. The van der Waals surface area contributed by atoms with Crippen molar-refractivity contribution in [1.29, 1.82) is 0 Å². The van der Waals surface area contributed by atoms with Crippen molar-refractivity contribution in [2.75, 3.05) is 20.8 Å². The van der Waals surface area contributed by atoms with Crippen LogP contribution in [0.2, 0.25) is 0 Å². The smallest absolute Gasteiger partial charge is 0.220 e. The van der Waals surface area contributed by atoms with Gasteiger partial charge in [0.1, 0.15) is 0 Å². The lowest BCUT2D eigenvalue weighted by molar-refractivity contribution is -0.121. The summed E-state index contributed by atoms with van der Waals surface area (Å²) in [6, 6.07) is 5.76. The van der Waals surface area contributed by atoms with Crippen LogP contribution in [-0.2, 0) is 11.2 Å². The quantitative estimate of drug-likeness (QED) is 0.563. The number of benzene rings is 1. The number of methoxy groups -OCH3 is 2. The Bertz CT molecular complexity index is 605. The molecule has 0 saturated carbocycles. The maximum Gasteiger partial charge on any atom is 0.220 e. The normalized spacial score (nSPS) is 9.26. The molecule has 1 aromatic carbocycles. The van der Waals surface area contributed by atoms with Crippen LogP contribution in [0.15, 0.2) is 18.2 Å². The van der Waals surface area contributed by atoms with Gasteiger partial charge in [0.25, 0.3) is 0 Å². The first-order valence-corrected chi connectivity index (χ1v) is 7.62. The molecule has 122 valence electrons. The highest BCUT2D eigenvalue weighted by molar-refractivity contribution is 5.75. The van der Waals surface area contributed by atoms with Crippen LogP contribution in [0.4, 0.5) is 0 Å². The van der Waals surface area contributed by atoms with Crippen molar-refractivity contribution in [2.24, 2.45) is 0 Å². The third-order valence-corrected chi connectivity index (χ3v) is 3.30. The Labute approximate surface area is 138 Å². The summed E-state index contributed by atoms with van der Waals surface area (Å²) in [6.45, 7) is 0.602. The number of nitrogens with one attached hydrogen (secondary N) is 1. The Morgan fingerprint density at radius 3 is 2.70 bits per heavy atom. The van der Waals surface area contributed by atoms with Crippen LogP contribution in [0.3, 0.4) is 0 Å². The van der Waals surface area contributed by atoms with E-state index in [0.29, 0.717) is 24.5 Å². The van der Waals surface area contributed by atoms with Crippen molar-refractivity contribution < 1.29 is 14.3 Å². The summed E-state index contributed by atoms with van der Waals surface area (Å²) in [5, 5.41) is 2.92. The van der Waals surface area contributed by atoms with Gasteiger partial charge in [-0.3, -0.25) is 4.79 Å². The van der Waals surface area contributed by atoms with Crippen molar-refractivity contribution in [2.45, 2.75) is 32.1 Å². The number of hydrogen-bond donors (Lipinski definition) is 1. The molecule has 1 amide bonds. The van der Waals surface area contributed by atoms with E-state index in [-0.39, 0.29) is 5.91 Å². The van der Waals surface area contributed by atoms with Gasteiger partial charge in [0.2, 0.25) is 5.91 Å². The third kappa shape index (κ3) is 7.29. The molecule has 0 aromatic heterocycles. The molecule has 0 unspecified atom stereocenters. The molecule has 0 fully saturated rings. The summed E-state index contributed by atoms with van der Waals surface area (Å²) >= 11 is 0. The van der Waals surface area contributed by atoms with Crippen LogP contribution in [0.1, 0.15) is 31.2 Å². The zero-order valence-electron chi connectivity index (χ0n) is 13.8. The van der Waals surface area contributed by atoms with E-state index in [1.54, 1.807) is 14.2 Å². The van der Waals surface area contributed by atoms with E-state index in [4.69, 9.17) is 15.9 Å². The summed E-state index contributed by atoms with van der Waals surface area (Å²) < 4.78 is 10.5. The standard InChI is InChI=1S/C19H23NO3/c1-4-5-6-7-8-9-10-19(21)20-14-13-16-11-12-17(22-2)18(15-16)23-3/h1,11-12,15H,7-10,13-14H2,2-3H3,(H,20,21). The van der Waals surface area contributed by atoms with Crippen molar-refractivity contribution in [3.63, 3.8) is 0 Å². The van der Waals surface area contributed by atoms with Gasteiger partial charge < -0.3 is 14.8 Å². The predicted molar refractivity (Wildman–Crippen MR) is 91.3 cm³/mol. The van der Waals surface area contributed by atoms with E-state index in [0.717, 1.165) is 31.2 Å².